The Morgan fingerprint density at radius 2 is 1.83 bits per heavy atom. The van der Waals surface area contributed by atoms with Crippen LogP contribution in [-0.2, 0) is 9.53 Å². The van der Waals surface area contributed by atoms with E-state index in [1.807, 2.05) is 0 Å². The van der Waals surface area contributed by atoms with Gasteiger partial charge < -0.3 is 34.5 Å². The van der Waals surface area contributed by atoms with E-state index >= 15 is 0 Å². The summed E-state index contributed by atoms with van der Waals surface area (Å²) in [5, 5.41) is 5.45. The second kappa shape index (κ2) is 9.46. The van der Waals surface area contributed by atoms with Gasteiger partial charge in [-0.3, -0.25) is 14.4 Å². The van der Waals surface area contributed by atoms with Crippen LogP contribution in [0.5, 0.6) is 17.2 Å². The van der Waals surface area contributed by atoms with Crippen molar-refractivity contribution in [2.24, 2.45) is 0 Å². The molecule has 0 unspecified atom stereocenters. The molecule has 0 aliphatic carbocycles. The summed E-state index contributed by atoms with van der Waals surface area (Å²) in [5.41, 5.74) is 1.25. The van der Waals surface area contributed by atoms with Crippen LogP contribution in [0.1, 0.15) is 40.0 Å². The summed E-state index contributed by atoms with van der Waals surface area (Å²) < 4.78 is 22.7. The third-order valence-corrected chi connectivity index (χ3v) is 6.60. The van der Waals surface area contributed by atoms with E-state index in [2.05, 4.69) is 10.6 Å². The van der Waals surface area contributed by atoms with Crippen LogP contribution < -0.4 is 24.8 Å². The van der Waals surface area contributed by atoms with E-state index in [1.54, 1.807) is 55.4 Å². The summed E-state index contributed by atoms with van der Waals surface area (Å²) in [6.45, 7) is 0.380. The monoisotopic (exact) mass is 481 g/mol. The van der Waals surface area contributed by atoms with Gasteiger partial charge in [0.25, 0.3) is 11.8 Å². The number of benzene rings is 2. The number of anilines is 1. The molecule has 3 aliphatic rings. The summed E-state index contributed by atoms with van der Waals surface area (Å²) in [5.74, 6) is 0.894. The molecule has 10 heteroatoms. The number of hydrogen-bond donors (Lipinski definition) is 2. The van der Waals surface area contributed by atoms with Gasteiger partial charge in [-0.2, -0.15) is 0 Å². The number of nitrogens with one attached hydrogen (secondary N) is 2. The first-order valence-electron chi connectivity index (χ1n) is 11.5. The van der Waals surface area contributed by atoms with Crippen molar-refractivity contribution in [2.45, 2.75) is 37.5 Å². The second-order valence-corrected chi connectivity index (χ2v) is 8.78. The second-order valence-electron chi connectivity index (χ2n) is 8.78. The van der Waals surface area contributed by atoms with Crippen LogP contribution in [0.4, 0.5) is 5.69 Å². The van der Waals surface area contributed by atoms with Gasteiger partial charge in [-0.25, -0.2) is 0 Å². The van der Waals surface area contributed by atoms with Crippen molar-refractivity contribution in [3.63, 3.8) is 0 Å². The first kappa shape index (κ1) is 23.0. The molecule has 3 aliphatic heterocycles. The van der Waals surface area contributed by atoms with Gasteiger partial charge in [0.1, 0.15) is 18.5 Å². The van der Waals surface area contributed by atoms with Gasteiger partial charge in [0.2, 0.25) is 12.7 Å². The molecule has 2 aromatic rings. The highest BCUT2D eigenvalue weighted by Crippen LogP contribution is 2.34. The van der Waals surface area contributed by atoms with Crippen molar-refractivity contribution in [3.05, 3.63) is 47.5 Å². The number of fused-ring (bicyclic) bond motifs is 3. The van der Waals surface area contributed by atoms with Crippen LogP contribution in [0.25, 0.3) is 0 Å². The van der Waals surface area contributed by atoms with E-state index in [1.165, 1.54) is 0 Å². The van der Waals surface area contributed by atoms with Gasteiger partial charge in [0.05, 0.1) is 24.1 Å². The first-order valence-corrected chi connectivity index (χ1v) is 11.5. The lowest BCUT2D eigenvalue weighted by molar-refractivity contribution is -0.133. The summed E-state index contributed by atoms with van der Waals surface area (Å²) in [6, 6.07) is 9.76. The molecule has 10 nitrogen and oxygen atoms in total. The summed E-state index contributed by atoms with van der Waals surface area (Å²) in [7, 11) is 3.34. The topological polar surface area (TPSA) is 115 Å². The molecule has 2 N–H and O–H groups in total. The molecule has 0 bridgehead atoms. The van der Waals surface area contributed by atoms with E-state index in [4.69, 9.17) is 18.9 Å². The molecule has 5 rings (SSSR count). The highest BCUT2D eigenvalue weighted by Gasteiger charge is 2.39. The number of ether oxygens (including phenoxy) is 4. The number of rotatable bonds is 4. The molecule has 0 spiro atoms. The zero-order valence-corrected chi connectivity index (χ0v) is 19.5. The Morgan fingerprint density at radius 3 is 2.66 bits per heavy atom. The Labute approximate surface area is 202 Å². The average Bonchev–Trinajstić information content (AvgIpc) is 3.34. The van der Waals surface area contributed by atoms with E-state index in [9.17, 15) is 14.4 Å². The molecule has 3 amide bonds. The lowest BCUT2D eigenvalue weighted by atomic mass is 9.94. The van der Waals surface area contributed by atoms with Crippen molar-refractivity contribution in [2.75, 3.05) is 32.8 Å². The number of hydrogen-bond acceptors (Lipinski definition) is 7. The molecule has 0 saturated carbocycles. The van der Waals surface area contributed by atoms with Gasteiger partial charge in [0, 0.05) is 25.3 Å². The number of carbonyl (C=O) groups excluding carboxylic acids is 3. The molecule has 3 atom stereocenters. The summed E-state index contributed by atoms with van der Waals surface area (Å²) in [6.07, 6.45) is 1.10. The van der Waals surface area contributed by atoms with Crippen LogP contribution >= 0.6 is 0 Å². The molecule has 3 heterocycles. The third-order valence-electron chi connectivity index (χ3n) is 6.60. The van der Waals surface area contributed by atoms with Gasteiger partial charge in [-0.15, -0.1) is 0 Å². The summed E-state index contributed by atoms with van der Waals surface area (Å²) >= 11 is 0. The molecule has 0 aromatic heterocycles. The number of likely N-dealkylation sites (N-methyl/N-ethyl adjacent to an activating group) is 1. The minimum atomic E-state index is -0.342. The van der Waals surface area contributed by atoms with E-state index < -0.39 is 0 Å². The SMILES string of the molecule is CNC(=O)C[C@@H]1CC[C@H]2[C@@H](COc3ccc(NC(=O)c4ccc5c(c4)OCO5)cc3C(=O)N2C)O1. The zero-order chi connectivity index (χ0) is 24.5. The normalized spacial score (nSPS) is 22.7. The Kier molecular flexibility index (Phi) is 6.21. The fourth-order valence-corrected chi connectivity index (χ4v) is 4.66. The number of amides is 3. The van der Waals surface area contributed by atoms with Crippen LogP contribution in [0.2, 0.25) is 0 Å². The highest BCUT2D eigenvalue weighted by atomic mass is 16.7. The standard InChI is InChI=1S/C25H27N3O7/c1-26-23(29)11-16-5-6-18-22(35-16)12-32-19-8-4-15(10-17(19)25(31)28(18)2)27-24(30)14-3-7-20-21(9-14)34-13-33-20/h3-4,7-10,16,18,22H,5-6,11-13H2,1-2H3,(H,26,29)(H,27,30)/t16-,18-,22+/m0/s1. The van der Waals surface area contributed by atoms with Crippen molar-refractivity contribution in [1.29, 1.82) is 0 Å². The van der Waals surface area contributed by atoms with Crippen LogP contribution in [0.3, 0.4) is 0 Å². The van der Waals surface area contributed by atoms with Gasteiger partial charge in [-0.1, -0.05) is 0 Å². The zero-order valence-electron chi connectivity index (χ0n) is 19.5. The maximum absolute atomic E-state index is 13.4. The highest BCUT2D eigenvalue weighted by molar-refractivity contribution is 6.06. The number of carbonyl (C=O) groups is 3. The minimum absolute atomic E-state index is 0.0784. The van der Waals surface area contributed by atoms with Gasteiger partial charge in [-0.05, 0) is 49.2 Å². The molecule has 35 heavy (non-hydrogen) atoms. The largest absolute Gasteiger partial charge is 0.490 e. The van der Waals surface area contributed by atoms with Gasteiger partial charge >= 0.3 is 0 Å². The predicted molar refractivity (Wildman–Crippen MR) is 125 cm³/mol. The lowest BCUT2D eigenvalue weighted by Crippen LogP contribution is -2.53. The fraction of sp³-hybridized carbons (Fsp3) is 0.400. The molecule has 184 valence electrons. The lowest BCUT2D eigenvalue weighted by Gasteiger charge is -2.42. The Bertz CT molecular complexity index is 1170. The van der Waals surface area contributed by atoms with Crippen LogP contribution in [0.15, 0.2) is 36.4 Å². The van der Waals surface area contributed by atoms with Gasteiger partial charge in [0.15, 0.2) is 11.5 Å². The third kappa shape index (κ3) is 4.61. The van der Waals surface area contributed by atoms with Crippen molar-refractivity contribution in [1.82, 2.24) is 10.2 Å². The first-order chi connectivity index (χ1) is 16.9. The van der Waals surface area contributed by atoms with Crippen molar-refractivity contribution >= 4 is 23.4 Å². The maximum Gasteiger partial charge on any atom is 0.257 e. The maximum atomic E-state index is 13.4. The van der Waals surface area contributed by atoms with Crippen LogP contribution in [-0.4, -0.2) is 68.4 Å². The molecule has 0 radical (unpaired) electrons. The minimum Gasteiger partial charge on any atom is -0.490 e. The molecular formula is C25H27N3O7. The van der Waals surface area contributed by atoms with E-state index in [0.717, 1.165) is 0 Å². The van der Waals surface area contributed by atoms with E-state index in [-0.39, 0.29) is 55.8 Å². The predicted octanol–water partition coefficient (Wildman–Crippen LogP) is 2.18. The van der Waals surface area contributed by atoms with Crippen molar-refractivity contribution in [3.8, 4) is 17.2 Å². The Hall–Kier alpha value is -3.79. The summed E-state index contributed by atoms with van der Waals surface area (Å²) in [4.78, 5) is 39.6. The molecular weight excluding hydrogens is 454 g/mol. The fourth-order valence-electron chi connectivity index (χ4n) is 4.66. The van der Waals surface area contributed by atoms with E-state index in [0.29, 0.717) is 46.9 Å². The Morgan fingerprint density at radius 1 is 1.03 bits per heavy atom. The van der Waals surface area contributed by atoms with Crippen LogP contribution in [0, 0.1) is 0 Å². The van der Waals surface area contributed by atoms with Crippen molar-refractivity contribution < 1.29 is 33.3 Å². The smallest absolute Gasteiger partial charge is 0.257 e. The quantitative estimate of drug-likeness (QED) is 0.688. The molecule has 1 fully saturated rings. The number of nitrogens with zero attached hydrogens (tertiary/aromatic N) is 1. The molecule has 2 aromatic carbocycles. The molecule has 1 saturated heterocycles. The Balaban J connectivity index is 1.32. The average molecular weight is 482 g/mol.